The highest BCUT2D eigenvalue weighted by atomic mass is 16.1. The van der Waals surface area contributed by atoms with Crippen molar-refractivity contribution in [2.45, 2.75) is 26.7 Å². The third-order valence-electron chi connectivity index (χ3n) is 2.87. The van der Waals surface area contributed by atoms with E-state index in [4.69, 9.17) is 0 Å². The fraction of sp³-hybridized carbons (Fsp3) is 0.700. The van der Waals surface area contributed by atoms with Crippen LogP contribution >= 0.6 is 0 Å². The van der Waals surface area contributed by atoms with E-state index in [0.29, 0.717) is 17.6 Å². The lowest BCUT2D eigenvalue weighted by Gasteiger charge is -2.16. The standard InChI is InChI=1S/C10H14O/c1-10(2)5-3-4-7-6-8(7)9(10)11/h3,5,7-8H,4,6H2,1-2H3/t7-,8-/m1/s1. The molecule has 0 aromatic rings. The number of ketones is 1. The van der Waals surface area contributed by atoms with Gasteiger partial charge in [0, 0.05) is 11.3 Å². The number of carbonyl (C=O) groups excluding carboxylic acids is 1. The number of hydrogen-bond donors (Lipinski definition) is 0. The van der Waals surface area contributed by atoms with Crippen LogP contribution in [-0.2, 0) is 4.79 Å². The highest BCUT2D eigenvalue weighted by Gasteiger charge is 2.47. The molecule has 0 saturated heterocycles. The van der Waals surface area contributed by atoms with Gasteiger partial charge >= 0.3 is 0 Å². The number of rotatable bonds is 0. The molecule has 1 nitrogen and oxygen atoms in total. The van der Waals surface area contributed by atoms with Crippen molar-refractivity contribution in [2.24, 2.45) is 17.3 Å². The largest absolute Gasteiger partial charge is 0.298 e. The predicted octanol–water partition coefficient (Wildman–Crippen LogP) is 2.18. The molecule has 2 atom stereocenters. The molecule has 1 fully saturated rings. The lowest BCUT2D eigenvalue weighted by molar-refractivity contribution is -0.126. The van der Waals surface area contributed by atoms with Gasteiger partial charge in [0.15, 0.2) is 0 Å². The average Bonchev–Trinajstić information content (AvgIpc) is 2.64. The molecule has 1 saturated carbocycles. The summed E-state index contributed by atoms with van der Waals surface area (Å²) in [6, 6.07) is 0. The molecular weight excluding hydrogens is 136 g/mol. The Morgan fingerprint density at radius 1 is 1.55 bits per heavy atom. The van der Waals surface area contributed by atoms with Crippen molar-refractivity contribution in [3.8, 4) is 0 Å². The third-order valence-corrected chi connectivity index (χ3v) is 2.87. The molecule has 0 aromatic carbocycles. The van der Waals surface area contributed by atoms with Crippen LogP contribution in [0.25, 0.3) is 0 Å². The molecule has 11 heavy (non-hydrogen) atoms. The first kappa shape index (κ1) is 7.08. The van der Waals surface area contributed by atoms with Crippen LogP contribution in [0.1, 0.15) is 26.7 Å². The summed E-state index contributed by atoms with van der Waals surface area (Å²) in [5.41, 5.74) is -0.185. The van der Waals surface area contributed by atoms with Gasteiger partial charge in [-0.05, 0) is 32.6 Å². The normalized spacial score (nSPS) is 39.6. The second-order valence-electron chi connectivity index (χ2n) is 4.33. The zero-order valence-corrected chi connectivity index (χ0v) is 7.13. The zero-order chi connectivity index (χ0) is 8.06. The Kier molecular flexibility index (Phi) is 1.26. The van der Waals surface area contributed by atoms with E-state index in [0.717, 1.165) is 12.8 Å². The Labute approximate surface area is 67.5 Å². The van der Waals surface area contributed by atoms with Crippen LogP contribution in [0.15, 0.2) is 12.2 Å². The van der Waals surface area contributed by atoms with Crippen LogP contribution in [0.2, 0.25) is 0 Å². The lowest BCUT2D eigenvalue weighted by atomic mass is 9.86. The molecule has 0 unspecified atom stereocenters. The fourth-order valence-electron chi connectivity index (χ4n) is 1.93. The quantitative estimate of drug-likeness (QED) is 0.484. The van der Waals surface area contributed by atoms with Crippen LogP contribution in [-0.4, -0.2) is 5.78 Å². The summed E-state index contributed by atoms with van der Waals surface area (Å²) in [6.07, 6.45) is 6.52. The topological polar surface area (TPSA) is 17.1 Å². The monoisotopic (exact) mass is 150 g/mol. The van der Waals surface area contributed by atoms with Crippen molar-refractivity contribution in [2.75, 3.05) is 0 Å². The predicted molar refractivity (Wildman–Crippen MR) is 44.1 cm³/mol. The first-order chi connectivity index (χ1) is 5.11. The minimum Gasteiger partial charge on any atom is -0.298 e. The van der Waals surface area contributed by atoms with Crippen LogP contribution in [0.3, 0.4) is 0 Å². The van der Waals surface area contributed by atoms with Gasteiger partial charge in [0.2, 0.25) is 0 Å². The van der Waals surface area contributed by atoms with Gasteiger partial charge in [0.25, 0.3) is 0 Å². The number of hydrogen-bond acceptors (Lipinski definition) is 1. The van der Waals surface area contributed by atoms with Gasteiger partial charge in [-0.15, -0.1) is 0 Å². The highest BCUT2D eigenvalue weighted by molar-refractivity contribution is 5.90. The van der Waals surface area contributed by atoms with Crippen molar-refractivity contribution < 1.29 is 4.79 Å². The number of Topliss-reactive ketones (excluding diaryl/α,β-unsaturated/α-hetero) is 1. The van der Waals surface area contributed by atoms with E-state index in [9.17, 15) is 4.79 Å². The molecule has 0 heterocycles. The molecule has 60 valence electrons. The van der Waals surface area contributed by atoms with E-state index in [1.54, 1.807) is 0 Å². The van der Waals surface area contributed by atoms with Crippen molar-refractivity contribution in [1.82, 2.24) is 0 Å². The van der Waals surface area contributed by atoms with Gasteiger partial charge in [-0.3, -0.25) is 4.79 Å². The molecule has 0 N–H and O–H groups in total. The van der Waals surface area contributed by atoms with Gasteiger partial charge in [-0.25, -0.2) is 0 Å². The van der Waals surface area contributed by atoms with Crippen molar-refractivity contribution in [3.63, 3.8) is 0 Å². The molecule has 0 aromatic heterocycles. The number of carbonyl (C=O) groups is 1. The van der Waals surface area contributed by atoms with E-state index in [1.165, 1.54) is 0 Å². The SMILES string of the molecule is CC1(C)C=CC[C@@H]2C[C@H]2C1=O. The Morgan fingerprint density at radius 3 is 3.00 bits per heavy atom. The van der Waals surface area contributed by atoms with Gasteiger partial charge in [0.05, 0.1) is 0 Å². The van der Waals surface area contributed by atoms with Gasteiger partial charge in [-0.1, -0.05) is 12.2 Å². The average molecular weight is 150 g/mol. The number of allylic oxidation sites excluding steroid dienone is 2. The minimum absolute atomic E-state index is 0.185. The van der Waals surface area contributed by atoms with E-state index in [-0.39, 0.29) is 5.41 Å². The minimum atomic E-state index is -0.185. The van der Waals surface area contributed by atoms with Gasteiger partial charge < -0.3 is 0 Å². The molecule has 0 spiro atoms. The summed E-state index contributed by atoms with van der Waals surface area (Å²) in [5, 5.41) is 0. The van der Waals surface area contributed by atoms with Crippen molar-refractivity contribution in [1.29, 1.82) is 0 Å². The second kappa shape index (κ2) is 1.96. The maximum atomic E-state index is 11.7. The molecule has 2 aliphatic carbocycles. The smallest absolute Gasteiger partial charge is 0.145 e. The Balaban J connectivity index is 2.28. The lowest BCUT2D eigenvalue weighted by Crippen LogP contribution is -2.22. The van der Waals surface area contributed by atoms with E-state index < -0.39 is 0 Å². The number of fused-ring (bicyclic) bond motifs is 1. The molecule has 2 aliphatic rings. The second-order valence-corrected chi connectivity index (χ2v) is 4.33. The summed E-state index contributed by atoms with van der Waals surface area (Å²) in [5.74, 6) is 1.55. The Bertz CT molecular complexity index is 225. The molecule has 2 rings (SSSR count). The first-order valence-electron chi connectivity index (χ1n) is 4.33. The maximum Gasteiger partial charge on any atom is 0.145 e. The van der Waals surface area contributed by atoms with Crippen LogP contribution < -0.4 is 0 Å². The summed E-state index contributed by atoms with van der Waals surface area (Å²) < 4.78 is 0. The van der Waals surface area contributed by atoms with Crippen LogP contribution in [0, 0.1) is 17.3 Å². The summed E-state index contributed by atoms with van der Waals surface area (Å²) >= 11 is 0. The Morgan fingerprint density at radius 2 is 2.27 bits per heavy atom. The molecule has 0 aliphatic heterocycles. The summed E-state index contributed by atoms with van der Waals surface area (Å²) in [6.45, 7) is 4.04. The molecular formula is C10H14O. The fourth-order valence-corrected chi connectivity index (χ4v) is 1.93. The molecule has 0 amide bonds. The van der Waals surface area contributed by atoms with E-state index >= 15 is 0 Å². The van der Waals surface area contributed by atoms with Gasteiger partial charge in [-0.2, -0.15) is 0 Å². The first-order valence-corrected chi connectivity index (χ1v) is 4.33. The van der Waals surface area contributed by atoms with Crippen molar-refractivity contribution in [3.05, 3.63) is 12.2 Å². The third kappa shape index (κ3) is 1.03. The van der Waals surface area contributed by atoms with Crippen LogP contribution in [0.4, 0.5) is 0 Å². The molecule has 0 bridgehead atoms. The summed E-state index contributed by atoms with van der Waals surface area (Å²) in [4.78, 5) is 11.7. The Hall–Kier alpha value is -0.590. The van der Waals surface area contributed by atoms with E-state index in [1.807, 2.05) is 13.8 Å². The maximum absolute atomic E-state index is 11.7. The summed E-state index contributed by atoms with van der Waals surface area (Å²) in [7, 11) is 0. The van der Waals surface area contributed by atoms with Crippen molar-refractivity contribution >= 4 is 5.78 Å². The van der Waals surface area contributed by atoms with E-state index in [2.05, 4.69) is 12.2 Å². The zero-order valence-electron chi connectivity index (χ0n) is 7.13. The highest BCUT2D eigenvalue weighted by Crippen LogP contribution is 2.48. The molecule has 0 radical (unpaired) electrons. The molecule has 1 heteroatoms. The van der Waals surface area contributed by atoms with Gasteiger partial charge in [0.1, 0.15) is 5.78 Å². The van der Waals surface area contributed by atoms with Crippen LogP contribution in [0.5, 0.6) is 0 Å².